The highest BCUT2D eigenvalue weighted by Gasteiger charge is 2.08. The second-order valence-electron chi connectivity index (χ2n) is 1.62. The predicted octanol–water partition coefficient (Wildman–Crippen LogP) is 1.28. The van der Waals surface area contributed by atoms with Gasteiger partial charge < -0.3 is 0 Å². The minimum atomic E-state index is -0.519. The largest absolute Gasteiger partial charge is 0.300 e. The summed E-state index contributed by atoms with van der Waals surface area (Å²) < 4.78 is 0. The van der Waals surface area contributed by atoms with E-state index in [-0.39, 0.29) is 5.69 Å². The Hall–Kier alpha value is -1.10. The molecular weight excluding hydrogens is 152 g/mol. The number of rotatable bonds is 1. The third-order valence-electron chi connectivity index (χ3n) is 0.974. The summed E-state index contributed by atoms with van der Waals surface area (Å²) in [6.07, 6.45) is 2.62. The molecule has 0 spiro atoms. The van der Waals surface area contributed by atoms with Crippen LogP contribution in [-0.2, 0) is 0 Å². The van der Waals surface area contributed by atoms with E-state index in [0.29, 0.717) is 4.90 Å². The Morgan fingerprint density at radius 3 is 2.80 bits per heavy atom. The fourth-order valence-corrected chi connectivity index (χ4v) is 0.726. The standard InChI is InChI=1S/C5H4N2O2S/c8-7(9)4-3-6-2-1-5(4)10/h1-3H,(H,6,10). The molecule has 0 atom stereocenters. The van der Waals surface area contributed by atoms with Gasteiger partial charge in [0, 0.05) is 6.20 Å². The van der Waals surface area contributed by atoms with Crippen LogP contribution in [0.4, 0.5) is 5.69 Å². The lowest BCUT2D eigenvalue weighted by Crippen LogP contribution is -1.89. The zero-order valence-corrected chi connectivity index (χ0v) is 5.78. The molecule has 1 rings (SSSR count). The van der Waals surface area contributed by atoms with Crippen LogP contribution >= 0.6 is 12.6 Å². The second-order valence-corrected chi connectivity index (χ2v) is 2.10. The Morgan fingerprint density at radius 1 is 1.70 bits per heavy atom. The van der Waals surface area contributed by atoms with E-state index in [2.05, 4.69) is 17.6 Å². The minimum Gasteiger partial charge on any atom is -0.258 e. The molecule has 0 amide bonds. The summed E-state index contributed by atoms with van der Waals surface area (Å²) in [7, 11) is 0. The minimum absolute atomic E-state index is 0.0640. The summed E-state index contributed by atoms with van der Waals surface area (Å²) in [6.45, 7) is 0. The van der Waals surface area contributed by atoms with E-state index in [1.54, 1.807) is 0 Å². The van der Waals surface area contributed by atoms with Crippen LogP contribution in [-0.4, -0.2) is 9.91 Å². The van der Waals surface area contributed by atoms with Crippen molar-refractivity contribution in [2.24, 2.45) is 0 Å². The lowest BCUT2D eigenvalue weighted by atomic mass is 10.4. The molecule has 0 aliphatic rings. The van der Waals surface area contributed by atoms with Crippen LogP contribution in [0.25, 0.3) is 0 Å². The molecular formula is C5H4N2O2S. The van der Waals surface area contributed by atoms with Crippen LogP contribution in [0.5, 0.6) is 0 Å². The first kappa shape index (κ1) is 7.01. The van der Waals surface area contributed by atoms with E-state index in [9.17, 15) is 10.1 Å². The summed E-state index contributed by atoms with van der Waals surface area (Å²) in [5, 5.41) is 10.1. The van der Waals surface area contributed by atoms with E-state index >= 15 is 0 Å². The molecule has 0 aliphatic heterocycles. The third-order valence-corrected chi connectivity index (χ3v) is 1.35. The van der Waals surface area contributed by atoms with Gasteiger partial charge in [-0.2, -0.15) is 0 Å². The van der Waals surface area contributed by atoms with Crippen molar-refractivity contribution in [3.8, 4) is 0 Å². The Labute approximate surface area is 62.5 Å². The number of hydrogen-bond acceptors (Lipinski definition) is 4. The summed E-state index contributed by atoms with van der Waals surface area (Å²) in [5.74, 6) is 0. The van der Waals surface area contributed by atoms with E-state index in [1.807, 2.05) is 0 Å². The molecule has 0 aromatic carbocycles. The van der Waals surface area contributed by atoms with E-state index < -0.39 is 4.92 Å². The molecule has 0 radical (unpaired) electrons. The van der Waals surface area contributed by atoms with Crippen molar-refractivity contribution in [2.75, 3.05) is 0 Å². The molecule has 5 heteroatoms. The van der Waals surface area contributed by atoms with Crippen molar-refractivity contribution in [3.63, 3.8) is 0 Å². The lowest BCUT2D eigenvalue weighted by Gasteiger charge is -1.91. The number of hydrogen-bond donors (Lipinski definition) is 1. The molecule has 4 nitrogen and oxygen atoms in total. The highest BCUT2D eigenvalue weighted by Crippen LogP contribution is 2.18. The Balaban J connectivity index is 3.15. The van der Waals surface area contributed by atoms with E-state index in [1.165, 1.54) is 18.5 Å². The van der Waals surface area contributed by atoms with E-state index in [4.69, 9.17) is 0 Å². The monoisotopic (exact) mass is 156 g/mol. The molecule has 0 bridgehead atoms. The maximum absolute atomic E-state index is 10.1. The van der Waals surface area contributed by atoms with Crippen LogP contribution < -0.4 is 0 Å². The molecule has 0 saturated heterocycles. The average molecular weight is 156 g/mol. The topological polar surface area (TPSA) is 56.0 Å². The van der Waals surface area contributed by atoms with Crippen molar-refractivity contribution in [2.45, 2.75) is 4.90 Å². The maximum Gasteiger partial charge on any atom is 0.300 e. The summed E-state index contributed by atoms with van der Waals surface area (Å²) in [5.41, 5.74) is -0.0640. The SMILES string of the molecule is O=[N+]([O-])c1cnccc1S. The molecule has 0 fully saturated rings. The molecule has 10 heavy (non-hydrogen) atoms. The number of nitrogens with zero attached hydrogens (tertiary/aromatic N) is 2. The molecule has 0 aliphatic carbocycles. The van der Waals surface area contributed by atoms with Crippen molar-refractivity contribution < 1.29 is 4.92 Å². The smallest absolute Gasteiger partial charge is 0.258 e. The van der Waals surface area contributed by atoms with Gasteiger partial charge in [0.05, 0.1) is 9.82 Å². The van der Waals surface area contributed by atoms with Crippen molar-refractivity contribution in [3.05, 3.63) is 28.6 Å². The van der Waals surface area contributed by atoms with Crippen LogP contribution in [0.15, 0.2) is 23.4 Å². The van der Waals surface area contributed by atoms with Crippen LogP contribution in [0, 0.1) is 10.1 Å². The van der Waals surface area contributed by atoms with Gasteiger partial charge in [-0.3, -0.25) is 15.1 Å². The predicted molar refractivity (Wildman–Crippen MR) is 38.1 cm³/mol. The molecule has 0 N–H and O–H groups in total. The molecule has 1 aromatic rings. The summed E-state index contributed by atoms with van der Waals surface area (Å²) >= 11 is 3.86. The summed E-state index contributed by atoms with van der Waals surface area (Å²) in [4.78, 5) is 13.5. The highest BCUT2D eigenvalue weighted by atomic mass is 32.1. The Morgan fingerprint density at radius 2 is 2.40 bits per heavy atom. The number of pyridine rings is 1. The number of nitro groups is 1. The zero-order chi connectivity index (χ0) is 7.56. The van der Waals surface area contributed by atoms with Crippen molar-refractivity contribution >= 4 is 18.3 Å². The van der Waals surface area contributed by atoms with Crippen molar-refractivity contribution in [1.29, 1.82) is 0 Å². The third kappa shape index (κ3) is 1.24. The first-order valence-corrected chi connectivity index (χ1v) is 2.94. The fourth-order valence-electron chi connectivity index (χ4n) is 0.519. The first-order chi connectivity index (χ1) is 4.72. The second kappa shape index (κ2) is 2.66. The normalized spacial score (nSPS) is 9.30. The molecule has 1 heterocycles. The Kier molecular flexibility index (Phi) is 1.86. The molecule has 0 unspecified atom stereocenters. The highest BCUT2D eigenvalue weighted by molar-refractivity contribution is 7.80. The molecule has 0 saturated carbocycles. The van der Waals surface area contributed by atoms with Gasteiger partial charge in [-0.05, 0) is 6.07 Å². The van der Waals surface area contributed by atoms with Gasteiger partial charge in [0.2, 0.25) is 0 Å². The maximum atomic E-state index is 10.1. The fraction of sp³-hybridized carbons (Fsp3) is 0. The number of thiol groups is 1. The molecule has 1 aromatic heterocycles. The van der Waals surface area contributed by atoms with Crippen LogP contribution in [0.1, 0.15) is 0 Å². The molecule has 52 valence electrons. The van der Waals surface area contributed by atoms with Crippen LogP contribution in [0.2, 0.25) is 0 Å². The van der Waals surface area contributed by atoms with E-state index in [0.717, 1.165) is 0 Å². The van der Waals surface area contributed by atoms with Crippen LogP contribution in [0.3, 0.4) is 0 Å². The van der Waals surface area contributed by atoms with Gasteiger partial charge in [-0.1, -0.05) is 0 Å². The van der Waals surface area contributed by atoms with Gasteiger partial charge in [0.25, 0.3) is 0 Å². The van der Waals surface area contributed by atoms with Crippen molar-refractivity contribution in [1.82, 2.24) is 4.98 Å². The average Bonchev–Trinajstić information content (AvgIpc) is 1.88. The quantitative estimate of drug-likeness (QED) is 0.378. The van der Waals surface area contributed by atoms with Gasteiger partial charge in [0.1, 0.15) is 6.20 Å². The van der Waals surface area contributed by atoms with Gasteiger partial charge >= 0.3 is 5.69 Å². The van der Waals surface area contributed by atoms with Gasteiger partial charge in [-0.25, -0.2) is 0 Å². The first-order valence-electron chi connectivity index (χ1n) is 2.49. The summed E-state index contributed by atoms with van der Waals surface area (Å²) in [6, 6.07) is 1.47. The Bertz CT molecular complexity index is 264. The van der Waals surface area contributed by atoms with Gasteiger partial charge in [0.15, 0.2) is 0 Å². The number of aromatic nitrogens is 1. The van der Waals surface area contributed by atoms with Gasteiger partial charge in [-0.15, -0.1) is 12.6 Å². The lowest BCUT2D eigenvalue weighted by molar-refractivity contribution is -0.388. The zero-order valence-electron chi connectivity index (χ0n) is 4.89.